The highest BCUT2D eigenvalue weighted by atomic mass is 16.5. The van der Waals surface area contributed by atoms with Crippen LogP contribution in [0, 0.1) is 19.8 Å². The predicted molar refractivity (Wildman–Crippen MR) is 121 cm³/mol. The molecule has 172 valence electrons. The second kappa shape index (κ2) is 8.93. The van der Waals surface area contributed by atoms with Crippen LogP contribution in [0.2, 0.25) is 0 Å². The van der Waals surface area contributed by atoms with Crippen LogP contribution < -0.4 is 20.7 Å². The molecule has 1 fully saturated rings. The van der Waals surface area contributed by atoms with Crippen LogP contribution >= 0.6 is 0 Å². The second-order valence-electron chi connectivity index (χ2n) is 8.45. The number of hydrogen-bond acceptors (Lipinski definition) is 5. The van der Waals surface area contributed by atoms with Gasteiger partial charge in [0.1, 0.15) is 11.8 Å². The lowest BCUT2D eigenvalue weighted by atomic mass is 10.1. The van der Waals surface area contributed by atoms with Crippen LogP contribution in [0.1, 0.15) is 47.2 Å². The summed E-state index contributed by atoms with van der Waals surface area (Å²) in [6.45, 7) is 3.94. The molecule has 0 radical (unpaired) electrons. The lowest BCUT2D eigenvalue weighted by molar-refractivity contribution is -0.137. The van der Waals surface area contributed by atoms with Crippen molar-refractivity contribution in [1.82, 2.24) is 5.32 Å². The van der Waals surface area contributed by atoms with Gasteiger partial charge in [0, 0.05) is 12.3 Å². The first-order chi connectivity index (χ1) is 15.7. The monoisotopic (exact) mass is 451 g/mol. The molecule has 0 aromatic heterocycles. The Morgan fingerprint density at radius 3 is 2.55 bits per heavy atom. The molecule has 2 aromatic rings. The molecule has 4 rings (SSSR count). The van der Waals surface area contributed by atoms with Crippen molar-refractivity contribution in [1.29, 1.82) is 0 Å². The Hall–Kier alpha value is -3.88. The molecule has 0 bridgehead atoms. The molecule has 3 amide bonds. The summed E-state index contributed by atoms with van der Waals surface area (Å²) in [6.07, 6.45) is 1.32. The SMILES string of the molecule is Cc1ccc(Oc2cc3c(cc2NC(=O)C2CC2)NC(=O)[C@@H](CCC(=O)O)NC3=O)cc1C. The van der Waals surface area contributed by atoms with Gasteiger partial charge in [0.2, 0.25) is 11.8 Å². The number of anilines is 2. The third kappa shape index (κ3) is 5.14. The summed E-state index contributed by atoms with van der Waals surface area (Å²) in [5, 5.41) is 17.0. The number of amides is 3. The van der Waals surface area contributed by atoms with Gasteiger partial charge in [0.15, 0.2) is 5.75 Å². The smallest absolute Gasteiger partial charge is 0.303 e. The number of nitrogens with one attached hydrogen (secondary N) is 3. The van der Waals surface area contributed by atoms with Crippen molar-refractivity contribution in [3.8, 4) is 11.5 Å². The second-order valence-corrected chi connectivity index (χ2v) is 8.45. The van der Waals surface area contributed by atoms with Crippen LogP contribution in [-0.4, -0.2) is 34.8 Å². The Morgan fingerprint density at radius 1 is 1.12 bits per heavy atom. The van der Waals surface area contributed by atoms with Crippen LogP contribution in [0.15, 0.2) is 30.3 Å². The summed E-state index contributed by atoms with van der Waals surface area (Å²) in [7, 11) is 0. The summed E-state index contributed by atoms with van der Waals surface area (Å²) >= 11 is 0. The van der Waals surface area contributed by atoms with E-state index in [0.717, 1.165) is 24.0 Å². The minimum atomic E-state index is -1.06. The molecule has 0 spiro atoms. The van der Waals surface area contributed by atoms with Crippen LogP contribution in [0.4, 0.5) is 11.4 Å². The highest BCUT2D eigenvalue weighted by Gasteiger charge is 2.32. The maximum atomic E-state index is 12.9. The normalized spacial score (nSPS) is 17.3. The zero-order valence-electron chi connectivity index (χ0n) is 18.4. The highest BCUT2D eigenvalue weighted by Crippen LogP contribution is 2.38. The Labute approximate surface area is 190 Å². The summed E-state index contributed by atoms with van der Waals surface area (Å²) in [4.78, 5) is 48.8. The predicted octanol–water partition coefficient (Wildman–Crippen LogP) is 3.36. The average molecular weight is 451 g/mol. The number of hydrogen-bond donors (Lipinski definition) is 4. The zero-order chi connectivity index (χ0) is 23.7. The molecule has 2 aromatic carbocycles. The largest absolute Gasteiger partial charge is 0.481 e. The molecule has 2 aliphatic rings. The Kier molecular flexibility index (Phi) is 6.04. The summed E-state index contributed by atoms with van der Waals surface area (Å²) < 4.78 is 6.05. The van der Waals surface area contributed by atoms with E-state index >= 15 is 0 Å². The molecule has 1 aliphatic carbocycles. The summed E-state index contributed by atoms with van der Waals surface area (Å²) in [5.41, 5.74) is 2.83. The van der Waals surface area contributed by atoms with Gasteiger partial charge in [-0.1, -0.05) is 6.07 Å². The fourth-order valence-electron chi connectivity index (χ4n) is 3.53. The minimum Gasteiger partial charge on any atom is -0.481 e. The fourth-order valence-corrected chi connectivity index (χ4v) is 3.53. The first kappa shape index (κ1) is 22.3. The van der Waals surface area contributed by atoms with E-state index in [1.54, 1.807) is 6.07 Å². The third-order valence-corrected chi connectivity index (χ3v) is 5.80. The van der Waals surface area contributed by atoms with Gasteiger partial charge in [-0.05, 0) is 68.5 Å². The average Bonchev–Trinajstić information content (AvgIpc) is 3.60. The van der Waals surface area contributed by atoms with Gasteiger partial charge in [-0.25, -0.2) is 0 Å². The van der Waals surface area contributed by atoms with Crippen molar-refractivity contribution in [3.05, 3.63) is 47.0 Å². The Balaban J connectivity index is 1.69. The summed E-state index contributed by atoms with van der Waals surface area (Å²) in [6, 6.07) is 7.55. The van der Waals surface area contributed by atoms with Gasteiger partial charge in [0.25, 0.3) is 5.91 Å². The molecule has 9 heteroatoms. The number of aliphatic carboxylic acids is 1. The van der Waals surface area contributed by atoms with Gasteiger partial charge in [0.05, 0.1) is 16.9 Å². The van der Waals surface area contributed by atoms with Gasteiger partial charge in [-0.3, -0.25) is 19.2 Å². The number of carbonyl (C=O) groups is 4. The van der Waals surface area contributed by atoms with E-state index < -0.39 is 23.8 Å². The summed E-state index contributed by atoms with van der Waals surface area (Å²) in [5.74, 6) is -1.53. The topological polar surface area (TPSA) is 134 Å². The maximum absolute atomic E-state index is 12.9. The molecule has 0 saturated heterocycles. The van der Waals surface area contributed by atoms with Crippen molar-refractivity contribution in [2.24, 2.45) is 5.92 Å². The molecule has 0 unspecified atom stereocenters. The van der Waals surface area contributed by atoms with Crippen molar-refractivity contribution >= 4 is 35.1 Å². The van der Waals surface area contributed by atoms with Gasteiger partial charge < -0.3 is 25.8 Å². The molecule has 9 nitrogen and oxygen atoms in total. The van der Waals surface area contributed by atoms with Crippen LogP contribution in [0.25, 0.3) is 0 Å². The van der Waals surface area contributed by atoms with E-state index in [0.29, 0.717) is 11.4 Å². The quantitative estimate of drug-likeness (QED) is 0.510. The molecular weight excluding hydrogens is 426 g/mol. The van der Waals surface area contributed by atoms with E-state index in [-0.39, 0.29) is 41.7 Å². The molecular formula is C24H25N3O6. The van der Waals surface area contributed by atoms with Crippen LogP contribution in [0.5, 0.6) is 11.5 Å². The Bertz CT molecular complexity index is 1160. The third-order valence-electron chi connectivity index (χ3n) is 5.80. The van der Waals surface area contributed by atoms with E-state index in [9.17, 15) is 19.2 Å². The van der Waals surface area contributed by atoms with E-state index in [4.69, 9.17) is 9.84 Å². The van der Waals surface area contributed by atoms with Crippen LogP contribution in [0.3, 0.4) is 0 Å². The molecule has 1 saturated carbocycles. The Morgan fingerprint density at radius 2 is 1.88 bits per heavy atom. The van der Waals surface area contributed by atoms with Gasteiger partial charge >= 0.3 is 5.97 Å². The first-order valence-corrected chi connectivity index (χ1v) is 10.8. The molecule has 1 heterocycles. The minimum absolute atomic E-state index is 0.0435. The zero-order valence-corrected chi connectivity index (χ0v) is 18.4. The van der Waals surface area contributed by atoms with Crippen molar-refractivity contribution < 1.29 is 29.0 Å². The number of ether oxygens (including phenoxy) is 1. The van der Waals surface area contributed by atoms with Crippen molar-refractivity contribution in [2.75, 3.05) is 10.6 Å². The standard InChI is InChI=1S/C24H25N3O6/c1-12-3-6-15(9-13(12)2)33-20-10-16-18(11-19(20)27-22(30)14-4-5-14)26-24(32)17(25-23(16)31)7-8-21(28)29/h3,6,9-11,14,17H,4-5,7-8H2,1-2H3,(H,25,31)(H,26,32)(H,27,30)(H,28,29)/t17-/m1/s1. The lowest BCUT2D eigenvalue weighted by Crippen LogP contribution is -2.41. The molecule has 1 aliphatic heterocycles. The van der Waals surface area contributed by atoms with Gasteiger partial charge in [-0.2, -0.15) is 0 Å². The van der Waals surface area contributed by atoms with E-state index in [1.807, 2.05) is 26.0 Å². The number of carboxylic acids is 1. The van der Waals surface area contributed by atoms with E-state index in [2.05, 4.69) is 16.0 Å². The lowest BCUT2D eigenvalue weighted by Gasteiger charge is -2.16. The van der Waals surface area contributed by atoms with E-state index in [1.165, 1.54) is 12.1 Å². The van der Waals surface area contributed by atoms with Crippen molar-refractivity contribution in [2.45, 2.75) is 45.6 Å². The number of carbonyl (C=O) groups excluding carboxylic acids is 3. The molecule has 1 atom stereocenters. The van der Waals surface area contributed by atoms with Crippen molar-refractivity contribution in [3.63, 3.8) is 0 Å². The molecule has 33 heavy (non-hydrogen) atoms. The first-order valence-electron chi connectivity index (χ1n) is 10.8. The maximum Gasteiger partial charge on any atom is 0.303 e. The fraction of sp³-hybridized carbons (Fsp3) is 0.333. The number of carboxylic acid groups (broad SMARTS) is 1. The van der Waals surface area contributed by atoms with Crippen LogP contribution in [-0.2, 0) is 14.4 Å². The van der Waals surface area contributed by atoms with Gasteiger partial charge in [-0.15, -0.1) is 0 Å². The molecule has 4 N–H and O–H groups in total. The highest BCUT2D eigenvalue weighted by molar-refractivity contribution is 6.11. The number of fused-ring (bicyclic) bond motifs is 1. The number of benzene rings is 2. The number of rotatable bonds is 7. The number of aryl methyl sites for hydroxylation is 2.